The van der Waals surface area contributed by atoms with Crippen molar-refractivity contribution in [3.63, 3.8) is 0 Å². The minimum Gasteiger partial charge on any atom is -0.479 e. The lowest BCUT2D eigenvalue weighted by atomic mass is 10.2. The molecule has 1 aliphatic rings. The van der Waals surface area contributed by atoms with Crippen molar-refractivity contribution in [3.05, 3.63) is 24.3 Å². The van der Waals surface area contributed by atoms with E-state index in [9.17, 15) is 9.59 Å². The van der Waals surface area contributed by atoms with Crippen LogP contribution in [0, 0.1) is 11.3 Å². The van der Waals surface area contributed by atoms with Gasteiger partial charge >= 0.3 is 0 Å². The van der Waals surface area contributed by atoms with E-state index in [1.165, 1.54) is 4.90 Å². The van der Waals surface area contributed by atoms with Crippen LogP contribution in [0.2, 0.25) is 0 Å². The van der Waals surface area contributed by atoms with E-state index in [2.05, 4.69) is 0 Å². The predicted molar refractivity (Wildman–Crippen MR) is 68.5 cm³/mol. The van der Waals surface area contributed by atoms with Crippen LogP contribution >= 0.6 is 0 Å². The summed E-state index contributed by atoms with van der Waals surface area (Å²) in [6.07, 6.45) is 2.25. The Labute approximate surface area is 111 Å². The van der Waals surface area contributed by atoms with Crippen molar-refractivity contribution in [2.45, 2.75) is 25.7 Å². The van der Waals surface area contributed by atoms with Gasteiger partial charge in [0.15, 0.2) is 6.61 Å². The second-order valence-corrected chi connectivity index (χ2v) is 4.27. The number of rotatable bonds is 3. The molecule has 0 atom stereocenters. The quantitative estimate of drug-likeness (QED) is 0.778. The van der Waals surface area contributed by atoms with Crippen LogP contribution in [0.5, 0.6) is 5.75 Å². The molecule has 0 aromatic heterocycles. The van der Waals surface area contributed by atoms with Crippen molar-refractivity contribution in [1.29, 1.82) is 5.26 Å². The van der Waals surface area contributed by atoms with Gasteiger partial charge in [0.2, 0.25) is 11.8 Å². The van der Waals surface area contributed by atoms with E-state index in [1.807, 2.05) is 6.07 Å². The molecule has 1 aliphatic heterocycles. The lowest BCUT2D eigenvalue weighted by molar-refractivity contribution is -0.125. The highest BCUT2D eigenvalue weighted by molar-refractivity contribution is 6.15. The zero-order valence-electron chi connectivity index (χ0n) is 10.5. The summed E-state index contributed by atoms with van der Waals surface area (Å²) in [5.41, 5.74) is 0.507. The van der Waals surface area contributed by atoms with Gasteiger partial charge in [-0.1, -0.05) is 6.07 Å². The van der Waals surface area contributed by atoms with Crippen molar-refractivity contribution in [2.24, 2.45) is 0 Å². The normalized spacial score (nSPS) is 15.8. The smallest absolute Gasteiger partial charge is 0.233 e. The molecule has 0 N–H and O–H groups in total. The third kappa shape index (κ3) is 3.10. The Morgan fingerprint density at radius 1 is 1.21 bits per heavy atom. The fourth-order valence-corrected chi connectivity index (χ4v) is 2.03. The van der Waals surface area contributed by atoms with Crippen LogP contribution in [0.4, 0.5) is 5.69 Å². The molecule has 1 fully saturated rings. The molecule has 1 aromatic rings. The highest BCUT2D eigenvalue weighted by atomic mass is 16.5. The fraction of sp³-hybridized carbons (Fsp3) is 0.357. The number of hydrogen-bond acceptors (Lipinski definition) is 4. The van der Waals surface area contributed by atoms with Gasteiger partial charge in [0.05, 0.1) is 5.69 Å². The molecule has 0 spiro atoms. The fourth-order valence-electron chi connectivity index (χ4n) is 2.03. The molecule has 0 bridgehead atoms. The first kappa shape index (κ1) is 13.1. The highest BCUT2D eigenvalue weighted by Gasteiger charge is 2.25. The van der Waals surface area contributed by atoms with Gasteiger partial charge in [-0.2, -0.15) is 5.26 Å². The van der Waals surface area contributed by atoms with Crippen molar-refractivity contribution in [1.82, 2.24) is 0 Å². The number of ether oxygens (including phenoxy) is 1. The minimum atomic E-state index is -0.181. The Morgan fingerprint density at radius 3 is 2.53 bits per heavy atom. The van der Waals surface area contributed by atoms with Gasteiger partial charge in [-0.15, -0.1) is 0 Å². The zero-order chi connectivity index (χ0) is 13.7. The van der Waals surface area contributed by atoms with Crippen molar-refractivity contribution >= 4 is 17.5 Å². The number of nitriles is 1. The Hall–Kier alpha value is -2.35. The van der Waals surface area contributed by atoms with Gasteiger partial charge in [0, 0.05) is 18.9 Å². The van der Waals surface area contributed by atoms with Gasteiger partial charge in [-0.25, -0.2) is 0 Å². The molecule has 19 heavy (non-hydrogen) atoms. The first-order chi connectivity index (χ1) is 9.22. The molecular formula is C14H14N2O3. The van der Waals surface area contributed by atoms with Crippen molar-refractivity contribution in [2.75, 3.05) is 11.5 Å². The Balaban J connectivity index is 2.26. The van der Waals surface area contributed by atoms with Gasteiger partial charge in [-0.05, 0) is 25.0 Å². The van der Waals surface area contributed by atoms with E-state index in [1.54, 1.807) is 24.3 Å². The summed E-state index contributed by atoms with van der Waals surface area (Å²) in [5.74, 6) is 0.115. The molecule has 0 radical (unpaired) electrons. The van der Waals surface area contributed by atoms with Gasteiger partial charge in [0.1, 0.15) is 11.8 Å². The average molecular weight is 258 g/mol. The number of hydrogen-bond donors (Lipinski definition) is 0. The van der Waals surface area contributed by atoms with Crippen LogP contribution in [0.3, 0.4) is 0 Å². The minimum absolute atomic E-state index is 0.0641. The van der Waals surface area contributed by atoms with E-state index < -0.39 is 0 Å². The van der Waals surface area contributed by atoms with Crippen molar-refractivity contribution in [3.8, 4) is 11.8 Å². The monoisotopic (exact) mass is 258 g/mol. The largest absolute Gasteiger partial charge is 0.479 e. The molecule has 98 valence electrons. The maximum Gasteiger partial charge on any atom is 0.233 e. The van der Waals surface area contributed by atoms with Crippen LogP contribution in [-0.2, 0) is 9.59 Å². The molecule has 0 unspecified atom stereocenters. The molecule has 1 saturated heterocycles. The third-order valence-electron chi connectivity index (χ3n) is 2.91. The van der Waals surface area contributed by atoms with Crippen LogP contribution in [0.15, 0.2) is 24.3 Å². The summed E-state index contributed by atoms with van der Waals surface area (Å²) in [7, 11) is 0. The molecule has 0 aliphatic carbocycles. The second-order valence-electron chi connectivity index (χ2n) is 4.27. The van der Waals surface area contributed by atoms with E-state index in [0.717, 1.165) is 12.8 Å². The number of carbonyl (C=O) groups excluding carboxylic acids is 2. The maximum absolute atomic E-state index is 12.0. The first-order valence-corrected chi connectivity index (χ1v) is 6.18. The highest BCUT2D eigenvalue weighted by Crippen LogP contribution is 2.25. The zero-order valence-corrected chi connectivity index (χ0v) is 10.5. The Morgan fingerprint density at radius 2 is 1.89 bits per heavy atom. The predicted octanol–water partition coefficient (Wildman–Crippen LogP) is 2.02. The SMILES string of the molecule is N#CCOc1cccc(N2C(=O)CCCCC2=O)c1. The summed E-state index contributed by atoms with van der Waals surface area (Å²) in [4.78, 5) is 25.1. The number of imide groups is 1. The van der Waals surface area contributed by atoms with Crippen LogP contribution in [0.25, 0.3) is 0 Å². The standard InChI is InChI=1S/C14H14N2O3/c15-8-9-19-12-5-3-4-11(10-12)16-13(17)6-1-2-7-14(16)18/h3-5,10H,1-2,6-7,9H2. The number of carbonyl (C=O) groups is 2. The Kier molecular flexibility index (Phi) is 4.14. The summed E-state index contributed by atoms with van der Waals surface area (Å²) in [5, 5.41) is 8.47. The summed E-state index contributed by atoms with van der Waals surface area (Å²) in [6.45, 7) is -0.0641. The number of amides is 2. The van der Waals surface area contributed by atoms with Gasteiger partial charge in [-0.3, -0.25) is 14.5 Å². The van der Waals surface area contributed by atoms with E-state index in [4.69, 9.17) is 10.00 Å². The van der Waals surface area contributed by atoms with Crippen LogP contribution in [-0.4, -0.2) is 18.4 Å². The molecule has 1 heterocycles. The molecular weight excluding hydrogens is 244 g/mol. The van der Waals surface area contributed by atoms with E-state index >= 15 is 0 Å². The number of anilines is 1. The number of benzene rings is 1. The van der Waals surface area contributed by atoms with Gasteiger partial charge < -0.3 is 4.74 Å². The Bertz CT molecular complexity index is 516. The molecule has 1 aromatic carbocycles. The second kappa shape index (κ2) is 6.01. The lowest BCUT2D eigenvalue weighted by Gasteiger charge is -2.19. The molecule has 2 amide bonds. The molecule has 5 nitrogen and oxygen atoms in total. The molecule has 2 rings (SSSR count). The topological polar surface area (TPSA) is 70.4 Å². The lowest BCUT2D eigenvalue weighted by Crippen LogP contribution is -2.35. The maximum atomic E-state index is 12.0. The number of nitrogens with zero attached hydrogens (tertiary/aromatic N) is 2. The summed E-state index contributed by atoms with van der Waals surface area (Å²) in [6, 6.07) is 8.57. The van der Waals surface area contributed by atoms with E-state index in [-0.39, 0.29) is 18.4 Å². The summed E-state index contributed by atoms with van der Waals surface area (Å²) >= 11 is 0. The van der Waals surface area contributed by atoms with Crippen LogP contribution in [0.1, 0.15) is 25.7 Å². The van der Waals surface area contributed by atoms with Crippen LogP contribution < -0.4 is 9.64 Å². The molecule has 5 heteroatoms. The summed E-state index contributed by atoms with van der Waals surface area (Å²) < 4.78 is 5.18. The van der Waals surface area contributed by atoms with Crippen molar-refractivity contribution < 1.29 is 14.3 Å². The first-order valence-electron chi connectivity index (χ1n) is 6.18. The van der Waals surface area contributed by atoms with Gasteiger partial charge in [0.25, 0.3) is 0 Å². The van der Waals surface area contributed by atoms with E-state index in [0.29, 0.717) is 24.3 Å². The average Bonchev–Trinajstić information content (AvgIpc) is 2.58. The molecule has 0 saturated carbocycles. The third-order valence-corrected chi connectivity index (χ3v) is 2.91.